The molecule has 0 aromatic carbocycles. The summed E-state index contributed by atoms with van der Waals surface area (Å²) in [6, 6.07) is 3.80. The van der Waals surface area contributed by atoms with Crippen molar-refractivity contribution in [2.75, 3.05) is 6.61 Å². The van der Waals surface area contributed by atoms with Crippen molar-refractivity contribution in [1.29, 1.82) is 0 Å². The Morgan fingerprint density at radius 3 is 3.20 bits per heavy atom. The maximum absolute atomic E-state index is 11.9. The van der Waals surface area contributed by atoms with Crippen LogP contribution >= 0.6 is 0 Å². The fourth-order valence-electron chi connectivity index (χ4n) is 2.27. The SMILES string of the molecule is O=C(NCc1cccnc1-n1ccnc1)C1CCCO1. The van der Waals surface area contributed by atoms with E-state index in [1.54, 1.807) is 18.7 Å². The number of hydrogen-bond acceptors (Lipinski definition) is 4. The summed E-state index contributed by atoms with van der Waals surface area (Å²) in [6.07, 6.45) is 8.38. The minimum Gasteiger partial charge on any atom is -0.368 e. The van der Waals surface area contributed by atoms with Crippen LogP contribution in [0.1, 0.15) is 18.4 Å². The highest BCUT2D eigenvalue weighted by molar-refractivity contribution is 5.81. The molecule has 0 spiro atoms. The smallest absolute Gasteiger partial charge is 0.249 e. The van der Waals surface area contributed by atoms with E-state index in [-0.39, 0.29) is 12.0 Å². The van der Waals surface area contributed by atoms with Gasteiger partial charge in [-0.15, -0.1) is 0 Å². The van der Waals surface area contributed by atoms with Gasteiger partial charge in [-0.3, -0.25) is 9.36 Å². The molecule has 0 bridgehead atoms. The van der Waals surface area contributed by atoms with Gasteiger partial charge in [-0.2, -0.15) is 0 Å². The van der Waals surface area contributed by atoms with E-state index in [2.05, 4.69) is 15.3 Å². The van der Waals surface area contributed by atoms with Crippen LogP contribution in [0.25, 0.3) is 5.82 Å². The van der Waals surface area contributed by atoms with Crippen LogP contribution < -0.4 is 5.32 Å². The molecule has 1 amide bonds. The van der Waals surface area contributed by atoms with Crippen molar-refractivity contribution >= 4 is 5.91 Å². The van der Waals surface area contributed by atoms with E-state index in [0.29, 0.717) is 13.2 Å². The average Bonchev–Trinajstić information content (AvgIpc) is 3.17. The number of imidazole rings is 1. The summed E-state index contributed by atoms with van der Waals surface area (Å²) >= 11 is 0. The van der Waals surface area contributed by atoms with Crippen LogP contribution in [-0.2, 0) is 16.1 Å². The molecule has 6 nitrogen and oxygen atoms in total. The van der Waals surface area contributed by atoms with Gasteiger partial charge in [-0.05, 0) is 18.9 Å². The molecule has 1 N–H and O–H groups in total. The molecule has 20 heavy (non-hydrogen) atoms. The molecule has 2 aromatic rings. The Morgan fingerprint density at radius 1 is 1.50 bits per heavy atom. The largest absolute Gasteiger partial charge is 0.368 e. The Balaban J connectivity index is 1.70. The number of hydrogen-bond donors (Lipinski definition) is 1. The molecular formula is C14H16N4O2. The Kier molecular flexibility index (Phi) is 3.73. The average molecular weight is 272 g/mol. The van der Waals surface area contributed by atoms with Crippen LogP contribution in [0.15, 0.2) is 37.1 Å². The van der Waals surface area contributed by atoms with Gasteiger partial charge in [0.2, 0.25) is 5.91 Å². The van der Waals surface area contributed by atoms with E-state index >= 15 is 0 Å². The van der Waals surface area contributed by atoms with Crippen LogP contribution in [0.2, 0.25) is 0 Å². The molecule has 3 rings (SSSR count). The Hall–Kier alpha value is -2.21. The fraction of sp³-hybridized carbons (Fsp3) is 0.357. The van der Waals surface area contributed by atoms with Gasteiger partial charge >= 0.3 is 0 Å². The number of carbonyl (C=O) groups is 1. The van der Waals surface area contributed by atoms with Gasteiger partial charge in [-0.1, -0.05) is 6.07 Å². The topological polar surface area (TPSA) is 69.0 Å². The van der Waals surface area contributed by atoms with E-state index in [0.717, 1.165) is 24.2 Å². The molecule has 1 unspecified atom stereocenters. The molecule has 6 heteroatoms. The molecule has 3 heterocycles. The third kappa shape index (κ3) is 2.70. The van der Waals surface area contributed by atoms with E-state index in [1.165, 1.54) is 0 Å². The lowest BCUT2D eigenvalue weighted by Crippen LogP contribution is -2.33. The molecule has 1 saturated heterocycles. The van der Waals surface area contributed by atoms with Gasteiger partial charge in [0.25, 0.3) is 0 Å². The van der Waals surface area contributed by atoms with Gasteiger partial charge in [-0.25, -0.2) is 9.97 Å². The number of nitrogens with zero attached hydrogens (tertiary/aromatic N) is 3. The fourth-order valence-corrected chi connectivity index (χ4v) is 2.27. The predicted molar refractivity (Wildman–Crippen MR) is 72.2 cm³/mol. The monoisotopic (exact) mass is 272 g/mol. The summed E-state index contributed by atoms with van der Waals surface area (Å²) in [4.78, 5) is 20.3. The minimum atomic E-state index is -0.302. The van der Waals surface area contributed by atoms with Crippen LogP contribution in [0.3, 0.4) is 0 Å². The standard InChI is InChI=1S/C14H16N4O2/c19-14(12-4-2-8-20-12)17-9-11-3-1-5-16-13(11)18-7-6-15-10-18/h1,3,5-7,10,12H,2,4,8-9H2,(H,17,19). The quantitative estimate of drug-likeness (QED) is 0.903. The molecule has 0 radical (unpaired) electrons. The van der Waals surface area contributed by atoms with Crippen molar-refractivity contribution in [3.8, 4) is 5.82 Å². The second kappa shape index (κ2) is 5.83. The lowest BCUT2D eigenvalue weighted by molar-refractivity contribution is -0.130. The summed E-state index contributed by atoms with van der Waals surface area (Å²) in [5, 5.41) is 2.91. The molecular weight excluding hydrogens is 256 g/mol. The summed E-state index contributed by atoms with van der Waals surface area (Å²) < 4.78 is 7.19. The van der Waals surface area contributed by atoms with Crippen LogP contribution in [0.4, 0.5) is 0 Å². The highest BCUT2D eigenvalue weighted by Gasteiger charge is 2.23. The summed E-state index contributed by atoms with van der Waals surface area (Å²) in [6.45, 7) is 1.10. The number of aromatic nitrogens is 3. The predicted octanol–water partition coefficient (Wildman–Crippen LogP) is 1.06. The van der Waals surface area contributed by atoms with Gasteiger partial charge < -0.3 is 10.1 Å². The zero-order valence-corrected chi connectivity index (χ0v) is 11.0. The molecule has 1 aliphatic rings. The number of ether oxygens (including phenoxy) is 1. The first-order valence-electron chi connectivity index (χ1n) is 6.66. The van der Waals surface area contributed by atoms with Crippen molar-refractivity contribution in [2.45, 2.75) is 25.5 Å². The van der Waals surface area contributed by atoms with Gasteiger partial charge in [0, 0.05) is 37.3 Å². The van der Waals surface area contributed by atoms with E-state index in [9.17, 15) is 4.79 Å². The second-order valence-electron chi connectivity index (χ2n) is 4.68. The normalized spacial score (nSPS) is 18.1. The van der Waals surface area contributed by atoms with Crippen LogP contribution in [0.5, 0.6) is 0 Å². The number of rotatable bonds is 4. The molecule has 1 fully saturated rings. The van der Waals surface area contributed by atoms with Crippen molar-refractivity contribution in [1.82, 2.24) is 19.9 Å². The second-order valence-corrected chi connectivity index (χ2v) is 4.68. The van der Waals surface area contributed by atoms with Gasteiger partial charge in [0.05, 0.1) is 0 Å². The van der Waals surface area contributed by atoms with Crippen molar-refractivity contribution < 1.29 is 9.53 Å². The first kappa shape index (κ1) is 12.8. The molecule has 0 saturated carbocycles. The third-order valence-corrected chi connectivity index (χ3v) is 3.29. The third-order valence-electron chi connectivity index (χ3n) is 3.29. The highest BCUT2D eigenvalue weighted by atomic mass is 16.5. The number of carbonyl (C=O) groups excluding carboxylic acids is 1. The van der Waals surface area contributed by atoms with Crippen LogP contribution in [0, 0.1) is 0 Å². The first-order chi connectivity index (χ1) is 9.84. The molecule has 0 aliphatic carbocycles. The zero-order chi connectivity index (χ0) is 13.8. The molecule has 2 aromatic heterocycles. The van der Waals surface area contributed by atoms with E-state index < -0.39 is 0 Å². The summed E-state index contributed by atoms with van der Waals surface area (Å²) in [5.74, 6) is 0.723. The van der Waals surface area contributed by atoms with Gasteiger partial charge in [0.15, 0.2) is 0 Å². The van der Waals surface area contributed by atoms with E-state index in [1.807, 2.05) is 22.9 Å². The molecule has 104 valence electrons. The maximum Gasteiger partial charge on any atom is 0.249 e. The number of amides is 1. The number of nitrogens with one attached hydrogen (secondary N) is 1. The zero-order valence-electron chi connectivity index (χ0n) is 11.0. The van der Waals surface area contributed by atoms with Gasteiger partial charge in [0.1, 0.15) is 18.2 Å². The minimum absolute atomic E-state index is 0.0528. The lowest BCUT2D eigenvalue weighted by atomic mass is 10.2. The highest BCUT2D eigenvalue weighted by Crippen LogP contribution is 2.13. The maximum atomic E-state index is 11.9. The molecule has 1 atom stereocenters. The Labute approximate surface area is 116 Å². The van der Waals surface area contributed by atoms with Crippen molar-refractivity contribution in [3.05, 3.63) is 42.6 Å². The van der Waals surface area contributed by atoms with Crippen molar-refractivity contribution in [3.63, 3.8) is 0 Å². The Morgan fingerprint density at radius 2 is 2.45 bits per heavy atom. The van der Waals surface area contributed by atoms with Crippen molar-refractivity contribution in [2.24, 2.45) is 0 Å². The summed E-state index contributed by atoms with van der Waals surface area (Å²) in [7, 11) is 0. The summed E-state index contributed by atoms with van der Waals surface area (Å²) in [5.41, 5.74) is 0.942. The first-order valence-corrected chi connectivity index (χ1v) is 6.66. The van der Waals surface area contributed by atoms with Crippen LogP contribution in [-0.4, -0.2) is 33.2 Å². The Bertz CT molecular complexity index is 577. The molecule has 1 aliphatic heterocycles. The lowest BCUT2D eigenvalue weighted by Gasteiger charge is -2.12. The number of pyridine rings is 1. The van der Waals surface area contributed by atoms with E-state index in [4.69, 9.17) is 4.74 Å².